The average Bonchev–Trinajstić information content (AvgIpc) is 2.35. The summed E-state index contributed by atoms with van der Waals surface area (Å²) in [5.41, 5.74) is 0.293. The maximum atomic E-state index is 11.0. The topological polar surface area (TPSA) is 50.2 Å². The molecule has 0 aliphatic heterocycles. The van der Waals surface area contributed by atoms with E-state index < -0.39 is 0 Å². The van der Waals surface area contributed by atoms with Gasteiger partial charge in [0.15, 0.2) is 5.65 Å². The van der Waals surface area contributed by atoms with Crippen molar-refractivity contribution in [3.8, 4) is 0 Å². The third-order valence-electron chi connectivity index (χ3n) is 1.38. The number of fused-ring (bicyclic) bond motifs is 1. The first-order valence-corrected chi connectivity index (χ1v) is 3.37. The molecule has 0 bridgehead atoms. The first-order valence-electron chi connectivity index (χ1n) is 3.00. The van der Waals surface area contributed by atoms with E-state index >= 15 is 0 Å². The lowest BCUT2D eigenvalue weighted by Crippen LogP contribution is -2.12. The molecule has 0 fully saturated rings. The molecule has 2 aromatic rings. The summed E-state index contributed by atoms with van der Waals surface area (Å²) in [6.45, 7) is 0. The number of aromatic amines is 1. The smallest absolute Gasteiger partial charge is 0.272 e. The van der Waals surface area contributed by atoms with Gasteiger partial charge in [-0.2, -0.15) is 0 Å². The summed E-state index contributed by atoms with van der Waals surface area (Å²) in [6, 6.07) is 1.36. The Morgan fingerprint density at radius 1 is 1.64 bits per heavy atom. The summed E-state index contributed by atoms with van der Waals surface area (Å²) in [5.74, 6) is 0. The highest BCUT2D eigenvalue weighted by molar-refractivity contribution is 6.33. The maximum Gasteiger partial charge on any atom is 0.272 e. The maximum absolute atomic E-state index is 11.0. The zero-order chi connectivity index (χ0) is 7.84. The van der Waals surface area contributed by atoms with Crippen LogP contribution in [0.15, 0.2) is 23.3 Å². The van der Waals surface area contributed by atoms with Gasteiger partial charge in [-0.15, -0.1) is 0 Å². The monoisotopic (exact) mass is 169 g/mol. The molecular formula is C6H4ClN3O. The third-order valence-corrected chi connectivity index (χ3v) is 1.66. The number of halogens is 1. The standard InChI is InChI=1S/C6H4ClN3O/c7-4-3-9-10-5(11)1-2-8-6(4)10/h1-3,9H. The molecule has 11 heavy (non-hydrogen) atoms. The summed E-state index contributed by atoms with van der Waals surface area (Å²) < 4.78 is 1.28. The molecule has 0 saturated carbocycles. The quantitative estimate of drug-likeness (QED) is 0.631. The van der Waals surface area contributed by atoms with Gasteiger partial charge < -0.3 is 0 Å². The number of rotatable bonds is 0. The van der Waals surface area contributed by atoms with Gasteiger partial charge in [-0.1, -0.05) is 11.6 Å². The van der Waals surface area contributed by atoms with Crippen LogP contribution in [-0.4, -0.2) is 14.6 Å². The van der Waals surface area contributed by atoms with E-state index in [0.29, 0.717) is 10.7 Å². The molecule has 2 rings (SSSR count). The number of H-pyrrole nitrogens is 1. The van der Waals surface area contributed by atoms with Crippen molar-refractivity contribution in [3.05, 3.63) is 33.8 Å². The Kier molecular flexibility index (Phi) is 1.22. The summed E-state index contributed by atoms with van der Waals surface area (Å²) in [5, 5.41) is 3.11. The molecule has 0 amide bonds. The molecule has 0 aliphatic rings. The van der Waals surface area contributed by atoms with Crippen molar-refractivity contribution in [3.63, 3.8) is 0 Å². The number of nitrogens with zero attached hydrogens (tertiary/aromatic N) is 2. The van der Waals surface area contributed by atoms with E-state index in [1.807, 2.05) is 0 Å². The summed E-state index contributed by atoms with van der Waals surface area (Å²) in [6.07, 6.45) is 2.95. The van der Waals surface area contributed by atoms with E-state index in [4.69, 9.17) is 11.6 Å². The SMILES string of the molecule is O=c1ccnc2c(Cl)c[nH]n12. The van der Waals surface area contributed by atoms with Gasteiger partial charge in [0.1, 0.15) is 5.02 Å². The summed E-state index contributed by atoms with van der Waals surface area (Å²) in [4.78, 5) is 14.9. The van der Waals surface area contributed by atoms with Crippen LogP contribution in [0.25, 0.3) is 5.65 Å². The van der Waals surface area contributed by atoms with Crippen molar-refractivity contribution in [2.24, 2.45) is 0 Å². The Morgan fingerprint density at radius 2 is 2.45 bits per heavy atom. The van der Waals surface area contributed by atoms with E-state index in [9.17, 15) is 4.79 Å². The molecule has 0 unspecified atom stereocenters. The van der Waals surface area contributed by atoms with Crippen LogP contribution in [0.2, 0.25) is 5.02 Å². The highest BCUT2D eigenvalue weighted by Crippen LogP contribution is 2.10. The molecule has 0 saturated heterocycles. The van der Waals surface area contributed by atoms with Crippen LogP contribution in [0.5, 0.6) is 0 Å². The average molecular weight is 170 g/mol. The molecule has 1 N–H and O–H groups in total. The lowest BCUT2D eigenvalue weighted by atomic mass is 10.6. The Morgan fingerprint density at radius 3 is 3.18 bits per heavy atom. The minimum absolute atomic E-state index is 0.165. The van der Waals surface area contributed by atoms with Crippen LogP contribution in [0, 0.1) is 0 Å². The molecule has 0 atom stereocenters. The predicted molar refractivity (Wildman–Crippen MR) is 40.8 cm³/mol. The minimum atomic E-state index is -0.165. The fourth-order valence-electron chi connectivity index (χ4n) is 0.887. The highest BCUT2D eigenvalue weighted by atomic mass is 35.5. The van der Waals surface area contributed by atoms with E-state index in [1.165, 1.54) is 23.0 Å². The minimum Gasteiger partial charge on any atom is -0.295 e. The van der Waals surface area contributed by atoms with Gasteiger partial charge in [0.05, 0.1) is 0 Å². The normalized spacial score (nSPS) is 10.6. The Hall–Kier alpha value is -1.29. The van der Waals surface area contributed by atoms with Gasteiger partial charge >= 0.3 is 0 Å². The zero-order valence-corrected chi connectivity index (χ0v) is 6.17. The predicted octanol–water partition coefficient (Wildman–Crippen LogP) is 0.676. The van der Waals surface area contributed by atoms with Crippen LogP contribution < -0.4 is 5.56 Å². The molecule has 0 aliphatic carbocycles. The molecular weight excluding hydrogens is 166 g/mol. The lowest BCUT2D eigenvalue weighted by Gasteiger charge is -1.88. The second-order valence-electron chi connectivity index (χ2n) is 2.06. The second-order valence-corrected chi connectivity index (χ2v) is 2.47. The van der Waals surface area contributed by atoms with E-state index in [2.05, 4.69) is 10.1 Å². The van der Waals surface area contributed by atoms with Crippen LogP contribution in [-0.2, 0) is 0 Å². The van der Waals surface area contributed by atoms with Crippen LogP contribution in [0.4, 0.5) is 0 Å². The van der Waals surface area contributed by atoms with Crippen LogP contribution >= 0.6 is 11.6 Å². The van der Waals surface area contributed by atoms with Crippen LogP contribution in [0.1, 0.15) is 0 Å². The lowest BCUT2D eigenvalue weighted by molar-refractivity contribution is 0.899. The fourth-order valence-corrected chi connectivity index (χ4v) is 1.07. The Labute approximate surface area is 66.4 Å². The molecule has 0 aromatic carbocycles. The molecule has 0 spiro atoms. The number of hydrogen-bond acceptors (Lipinski definition) is 2. The van der Waals surface area contributed by atoms with Gasteiger partial charge in [-0.3, -0.25) is 9.89 Å². The van der Waals surface area contributed by atoms with Crippen molar-refractivity contribution in [1.82, 2.24) is 14.6 Å². The van der Waals surface area contributed by atoms with Gasteiger partial charge in [0.25, 0.3) is 5.56 Å². The van der Waals surface area contributed by atoms with Crippen molar-refractivity contribution in [1.29, 1.82) is 0 Å². The Balaban J connectivity index is 3.06. The zero-order valence-electron chi connectivity index (χ0n) is 5.41. The summed E-state index contributed by atoms with van der Waals surface area (Å²) >= 11 is 5.69. The van der Waals surface area contributed by atoms with Crippen molar-refractivity contribution < 1.29 is 0 Å². The third kappa shape index (κ3) is 0.832. The van der Waals surface area contributed by atoms with E-state index in [0.717, 1.165) is 0 Å². The van der Waals surface area contributed by atoms with Gasteiger partial charge in [0, 0.05) is 18.5 Å². The Bertz CT molecular complexity index is 444. The molecule has 2 aromatic heterocycles. The highest BCUT2D eigenvalue weighted by Gasteiger charge is 2.01. The molecule has 4 nitrogen and oxygen atoms in total. The molecule has 0 radical (unpaired) electrons. The molecule has 2 heterocycles. The number of hydrogen-bond donors (Lipinski definition) is 1. The van der Waals surface area contributed by atoms with Crippen molar-refractivity contribution in [2.45, 2.75) is 0 Å². The largest absolute Gasteiger partial charge is 0.295 e. The molecule has 56 valence electrons. The van der Waals surface area contributed by atoms with Crippen molar-refractivity contribution in [2.75, 3.05) is 0 Å². The fraction of sp³-hybridized carbons (Fsp3) is 0. The first kappa shape index (κ1) is 6.42. The van der Waals surface area contributed by atoms with Gasteiger partial charge in [0.2, 0.25) is 0 Å². The van der Waals surface area contributed by atoms with Gasteiger partial charge in [-0.05, 0) is 0 Å². The number of nitrogens with one attached hydrogen (secondary N) is 1. The van der Waals surface area contributed by atoms with E-state index in [-0.39, 0.29) is 5.56 Å². The number of aromatic nitrogens is 3. The summed E-state index contributed by atoms with van der Waals surface area (Å²) in [7, 11) is 0. The van der Waals surface area contributed by atoms with Gasteiger partial charge in [-0.25, -0.2) is 9.50 Å². The second kappa shape index (κ2) is 2.10. The van der Waals surface area contributed by atoms with E-state index in [1.54, 1.807) is 0 Å². The molecule has 5 heteroatoms. The van der Waals surface area contributed by atoms with Crippen LogP contribution in [0.3, 0.4) is 0 Å². The van der Waals surface area contributed by atoms with Crippen molar-refractivity contribution >= 4 is 17.2 Å². The first-order chi connectivity index (χ1) is 5.29.